The monoisotopic (exact) mass is 325 g/mol. The van der Waals surface area contributed by atoms with Crippen molar-refractivity contribution in [1.82, 2.24) is 5.32 Å². The Morgan fingerprint density at radius 1 is 1.50 bits per heavy atom. The number of nitrogens with zero attached hydrogens (tertiary/aromatic N) is 1. The number of rotatable bonds is 7. The van der Waals surface area contributed by atoms with E-state index in [1.54, 1.807) is 6.07 Å². The Hall–Kier alpha value is -2.41. The number of nitriles is 1. The summed E-state index contributed by atoms with van der Waals surface area (Å²) in [6.07, 6.45) is 1.24. The highest BCUT2D eigenvalue weighted by atomic mass is 32.2. The maximum absolute atomic E-state index is 11.9. The maximum Gasteiger partial charge on any atom is 0.294 e. The van der Waals surface area contributed by atoms with E-state index in [0.717, 1.165) is 6.07 Å². The summed E-state index contributed by atoms with van der Waals surface area (Å²) in [6, 6.07) is 6.77. The van der Waals surface area contributed by atoms with Crippen LogP contribution in [-0.4, -0.2) is 39.1 Å². The van der Waals surface area contributed by atoms with Crippen LogP contribution in [0, 0.1) is 11.3 Å². The average Bonchev–Trinajstić information content (AvgIpc) is 2.46. The highest BCUT2D eigenvalue weighted by molar-refractivity contribution is 7.85. The number of hydrogen-bond donors (Lipinski definition) is 3. The van der Waals surface area contributed by atoms with Gasteiger partial charge in [0, 0.05) is 25.5 Å². The lowest BCUT2D eigenvalue weighted by Crippen LogP contribution is -2.19. The van der Waals surface area contributed by atoms with Crippen LogP contribution in [0.2, 0.25) is 0 Å². The van der Waals surface area contributed by atoms with Crippen LogP contribution in [0.1, 0.15) is 0 Å². The zero-order valence-corrected chi connectivity index (χ0v) is 12.6. The second-order valence-corrected chi connectivity index (χ2v) is 5.50. The third-order valence-electron chi connectivity index (χ3n) is 2.45. The van der Waals surface area contributed by atoms with Crippen LogP contribution in [0.25, 0.3) is 0 Å². The van der Waals surface area contributed by atoms with Crippen LogP contribution >= 0.6 is 0 Å². The Morgan fingerprint density at radius 3 is 2.82 bits per heavy atom. The minimum atomic E-state index is -4.36. The van der Waals surface area contributed by atoms with Gasteiger partial charge in [0.1, 0.15) is 11.6 Å². The van der Waals surface area contributed by atoms with Gasteiger partial charge in [-0.15, -0.1) is 0 Å². The van der Waals surface area contributed by atoms with E-state index < -0.39 is 16.0 Å². The summed E-state index contributed by atoms with van der Waals surface area (Å²) in [4.78, 5) is 11.5. The molecule has 1 rings (SSSR count). The number of carbonyl (C=O) groups is 1. The predicted molar refractivity (Wildman–Crippen MR) is 78.5 cm³/mol. The van der Waals surface area contributed by atoms with E-state index in [4.69, 9.17) is 14.6 Å². The Kier molecular flexibility index (Phi) is 6.52. The second kappa shape index (κ2) is 8.14. The number of ether oxygens (including phenoxy) is 1. The molecule has 0 aromatic heterocycles. The van der Waals surface area contributed by atoms with Gasteiger partial charge in [-0.25, -0.2) is 0 Å². The van der Waals surface area contributed by atoms with Gasteiger partial charge >= 0.3 is 0 Å². The van der Waals surface area contributed by atoms with Crippen LogP contribution in [0.4, 0.5) is 5.69 Å². The number of anilines is 1. The number of carbonyl (C=O) groups excluding carboxylic acids is 1. The lowest BCUT2D eigenvalue weighted by Gasteiger charge is -2.06. The molecule has 0 fully saturated rings. The first-order valence-corrected chi connectivity index (χ1v) is 7.54. The molecule has 0 spiro atoms. The molecule has 0 saturated heterocycles. The minimum Gasteiger partial charge on any atom is -0.387 e. The van der Waals surface area contributed by atoms with Crippen LogP contribution in [-0.2, 0) is 19.6 Å². The smallest absolute Gasteiger partial charge is 0.294 e. The van der Waals surface area contributed by atoms with Gasteiger partial charge in [-0.1, -0.05) is 6.07 Å². The molecule has 1 aromatic carbocycles. The fourth-order valence-corrected chi connectivity index (χ4v) is 1.94. The topological polar surface area (TPSA) is 129 Å². The Balaban J connectivity index is 2.81. The highest BCUT2D eigenvalue weighted by Gasteiger charge is 2.13. The first-order valence-electron chi connectivity index (χ1n) is 6.10. The van der Waals surface area contributed by atoms with Crippen molar-refractivity contribution in [3.8, 4) is 6.07 Å². The summed E-state index contributed by atoms with van der Waals surface area (Å²) in [5.41, 5.74) is -0.0495. The molecule has 0 radical (unpaired) electrons. The molecule has 1 amide bonds. The Labute approximate surface area is 128 Å². The van der Waals surface area contributed by atoms with E-state index in [0.29, 0.717) is 13.2 Å². The van der Waals surface area contributed by atoms with Crippen molar-refractivity contribution in [3.05, 3.63) is 36.0 Å². The van der Waals surface area contributed by atoms with Crippen LogP contribution in [0.15, 0.2) is 40.9 Å². The number of methoxy groups -OCH3 is 1. The van der Waals surface area contributed by atoms with Gasteiger partial charge in [0.15, 0.2) is 0 Å². The highest BCUT2D eigenvalue weighted by Crippen LogP contribution is 2.15. The lowest BCUT2D eigenvalue weighted by atomic mass is 10.2. The van der Waals surface area contributed by atoms with Crippen molar-refractivity contribution in [1.29, 1.82) is 5.26 Å². The summed E-state index contributed by atoms with van der Waals surface area (Å²) in [7, 11) is -2.85. The van der Waals surface area contributed by atoms with Crippen molar-refractivity contribution in [2.45, 2.75) is 4.90 Å². The average molecular weight is 325 g/mol. The van der Waals surface area contributed by atoms with E-state index in [9.17, 15) is 13.2 Å². The molecular weight excluding hydrogens is 310 g/mol. The van der Waals surface area contributed by atoms with Gasteiger partial charge in [-0.2, -0.15) is 13.7 Å². The lowest BCUT2D eigenvalue weighted by molar-refractivity contribution is -0.112. The number of nitrogens with one attached hydrogen (secondary N) is 2. The molecule has 0 atom stereocenters. The third kappa shape index (κ3) is 5.53. The standard InChI is InChI=1S/C13H15N3O5S/c1-21-6-5-15-9-10(8-14)13(17)16-11-3-2-4-12(7-11)22(18,19)20/h2-4,7,9,15H,5-6H2,1H3,(H,16,17)(H,18,19,20)/b10-9-. The maximum atomic E-state index is 11.9. The van der Waals surface area contributed by atoms with E-state index in [2.05, 4.69) is 10.6 Å². The number of amides is 1. The van der Waals surface area contributed by atoms with Gasteiger partial charge < -0.3 is 15.4 Å². The molecule has 22 heavy (non-hydrogen) atoms. The van der Waals surface area contributed by atoms with Gasteiger partial charge in [-0.05, 0) is 18.2 Å². The van der Waals surface area contributed by atoms with Crippen LogP contribution < -0.4 is 10.6 Å². The predicted octanol–water partition coefficient (Wildman–Crippen LogP) is 0.515. The second-order valence-electron chi connectivity index (χ2n) is 4.07. The molecular formula is C13H15N3O5S. The van der Waals surface area contributed by atoms with Crippen molar-refractivity contribution in [2.75, 3.05) is 25.6 Å². The quantitative estimate of drug-likeness (QED) is 0.288. The summed E-state index contributed by atoms with van der Waals surface area (Å²) in [6.45, 7) is 0.834. The summed E-state index contributed by atoms with van der Waals surface area (Å²) in [5, 5.41) is 14.0. The van der Waals surface area contributed by atoms with Gasteiger partial charge in [0.2, 0.25) is 0 Å². The molecule has 8 nitrogen and oxygen atoms in total. The largest absolute Gasteiger partial charge is 0.387 e. The van der Waals surface area contributed by atoms with Crippen LogP contribution in [0.5, 0.6) is 0 Å². The first-order chi connectivity index (χ1) is 10.4. The molecule has 0 aliphatic carbocycles. The molecule has 118 valence electrons. The Bertz CT molecular complexity index is 707. The number of benzene rings is 1. The zero-order chi connectivity index (χ0) is 16.6. The van der Waals surface area contributed by atoms with E-state index in [1.165, 1.54) is 31.5 Å². The van der Waals surface area contributed by atoms with Crippen molar-refractivity contribution in [2.24, 2.45) is 0 Å². The van der Waals surface area contributed by atoms with Gasteiger partial charge in [0.05, 0.1) is 11.5 Å². The fourth-order valence-electron chi connectivity index (χ4n) is 1.42. The minimum absolute atomic E-state index is 0.137. The molecule has 0 aliphatic rings. The van der Waals surface area contributed by atoms with E-state index >= 15 is 0 Å². The van der Waals surface area contributed by atoms with Crippen molar-refractivity contribution in [3.63, 3.8) is 0 Å². The normalized spacial score (nSPS) is 11.6. The summed E-state index contributed by atoms with van der Waals surface area (Å²) < 4.78 is 35.8. The molecule has 0 saturated carbocycles. The van der Waals surface area contributed by atoms with Crippen LogP contribution in [0.3, 0.4) is 0 Å². The summed E-state index contributed by atoms with van der Waals surface area (Å²) >= 11 is 0. The molecule has 9 heteroatoms. The fraction of sp³-hybridized carbons (Fsp3) is 0.231. The summed E-state index contributed by atoms with van der Waals surface area (Å²) in [5.74, 6) is -0.708. The van der Waals surface area contributed by atoms with E-state index in [-0.39, 0.29) is 16.2 Å². The molecule has 1 aromatic rings. The molecule has 0 aliphatic heterocycles. The molecule has 0 unspecified atom stereocenters. The first kappa shape index (κ1) is 17.6. The number of hydrogen-bond acceptors (Lipinski definition) is 6. The van der Waals surface area contributed by atoms with Gasteiger partial charge in [-0.3, -0.25) is 9.35 Å². The molecule has 0 bridgehead atoms. The molecule has 0 heterocycles. The Morgan fingerprint density at radius 2 is 2.23 bits per heavy atom. The van der Waals surface area contributed by atoms with E-state index in [1.807, 2.05) is 0 Å². The molecule has 3 N–H and O–H groups in total. The third-order valence-corrected chi connectivity index (χ3v) is 3.30. The van der Waals surface area contributed by atoms with Crippen molar-refractivity contribution >= 4 is 21.7 Å². The SMILES string of the molecule is COCCN/C=C(/C#N)C(=O)Nc1cccc(S(=O)(=O)O)c1. The van der Waals surface area contributed by atoms with Crippen molar-refractivity contribution < 1.29 is 22.5 Å². The zero-order valence-electron chi connectivity index (χ0n) is 11.7. The van der Waals surface area contributed by atoms with Gasteiger partial charge in [0.25, 0.3) is 16.0 Å².